The first-order valence-electron chi connectivity index (χ1n) is 10.9. The first kappa shape index (κ1) is 19.5. The standard InChI is InChI=1S/C25H21N5O3/c1-29-23(19-11-26-20-5-3-2-4-17(19)20)18(12-27-29)14-6-7-16-15(10-14)13-30(25(16)33)21-8-9-22(31)28-24(21)32/h2-7,10-12,21,26H,8-9,13H2,1H3,(H,28,31,32)/t21-/m0/s1. The van der Waals surface area contributed by atoms with Crippen molar-refractivity contribution in [3.63, 3.8) is 0 Å². The Morgan fingerprint density at radius 2 is 1.88 bits per heavy atom. The molecule has 0 saturated carbocycles. The van der Waals surface area contributed by atoms with E-state index in [4.69, 9.17) is 0 Å². The maximum absolute atomic E-state index is 13.0. The lowest BCUT2D eigenvalue weighted by molar-refractivity contribution is -0.136. The van der Waals surface area contributed by atoms with Crippen molar-refractivity contribution < 1.29 is 14.4 Å². The predicted molar refractivity (Wildman–Crippen MR) is 122 cm³/mol. The highest BCUT2D eigenvalue weighted by molar-refractivity contribution is 6.06. The third-order valence-electron chi connectivity index (χ3n) is 6.62. The molecule has 2 N–H and O–H groups in total. The number of nitrogens with zero attached hydrogens (tertiary/aromatic N) is 3. The van der Waals surface area contributed by atoms with E-state index in [9.17, 15) is 14.4 Å². The number of H-pyrrole nitrogens is 1. The SMILES string of the molecule is Cn1ncc(-c2ccc3c(c2)CN([C@H]2CCC(=O)NC2=O)C3=O)c1-c1c[nH]c2ccccc12. The predicted octanol–water partition coefficient (Wildman–Crippen LogP) is 3.00. The number of amides is 3. The number of rotatable bonds is 3. The van der Waals surface area contributed by atoms with Crippen molar-refractivity contribution in [3.8, 4) is 22.4 Å². The van der Waals surface area contributed by atoms with E-state index in [1.165, 1.54) is 0 Å². The van der Waals surface area contributed by atoms with Crippen LogP contribution in [-0.4, -0.2) is 43.4 Å². The normalized spacial score (nSPS) is 18.2. The maximum Gasteiger partial charge on any atom is 0.255 e. The molecule has 0 unspecified atom stereocenters. The molecule has 0 spiro atoms. The molecular formula is C25H21N5O3. The second-order valence-corrected chi connectivity index (χ2v) is 8.55. The smallest absolute Gasteiger partial charge is 0.255 e. The third kappa shape index (κ3) is 2.98. The number of fused-ring (bicyclic) bond motifs is 2. The number of carbonyl (C=O) groups excluding carboxylic acids is 3. The molecule has 6 rings (SSSR count). The van der Waals surface area contributed by atoms with E-state index in [1.54, 1.807) is 4.90 Å². The highest BCUT2D eigenvalue weighted by atomic mass is 16.2. The average Bonchev–Trinajstić information content (AvgIpc) is 3.49. The number of piperidine rings is 1. The number of nitrogens with one attached hydrogen (secondary N) is 2. The fraction of sp³-hybridized carbons (Fsp3) is 0.200. The molecule has 0 radical (unpaired) electrons. The summed E-state index contributed by atoms with van der Waals surface area (Å²) in [5.41, 5.74) is 6.49. The molecule has 1 fully saturated rings. The number of carbonyl (C=O) groups is 3. The number of aromatic amines is 1. The van der Waals surface area contributed by atoms with E-state index in [2.05, 4.69) is 21.5 Å². The van der Waals surface area contributed by atoms with Crippen LogP contribution < -0.4 is 5.32 Å². The van der Waals surface area contributed by atoms with Crippen LogP contribution in [0.1, 0.15) is 28.8 Å². The Bertz CT molecular complexity index is 1460. The lowest BCUT2D eigenvalue weighted by atomic mass is 9.98. The van der Waals surface area contributed by atoms with Crippen LogP contribution in [0, 0.1) is 0 Å². The molecular weight excluding hydrogens is 418 g/mol. The van der Waals surface area contributed by atoms with Crippen LogP contribution in [0.3, 0.4) is 0 Å². The van der Waals surface area contributed by atoms with Gasteiger partial charge in [0.2, 0.25) is 11.8 Å². The van der Waals surface area contributed by atoms with Crippen LogP contribution in [0.25, 0.3) is 33.3 Å². The summed E-state index contributed by atoms with van der Waals surface area (Å²) in [5, 5.41) is 7.97. The molecule has 164 valence electrons. The first-order valence-corrected chi connectivity index (χ1v) is 10.9. The zero-order valence-corrected chi connectivity index (χ0v) is 18.0. The molecule has 1 atom stereocenters. The average molecular weight is 439 g/mol. The summed E-state index contributed by atoms with van der Waals surface area (Å²) in [6, 6.07) is 13.3. The Labute approximate surface area is 189 Å². The van der Waals surface area contributed by atoms with E-state index in [0.29, 0.717) is 18.5 Å². The zero-order chi connectivity index (χ0) is 22.7. The molecule has 4 aromatic rings. The largest absolute Gasteiger partial charge is 0.360 e. The van der Waals surface area contributed by atoms with Gasteiger partial charge in [-0.15, -0.1) is 0 Å². The number of imide groups is 1. The Hall–Kier alpha value is -4.20. The van der Waals surface area contributed by atoms with Gasteiger partial charge in [-0.25, -0.2) is 0 Å². The van der Waals surface area contributed by atoms with Crippen LogP contribution in [0.2, 0.25) is 0 Å². The van der Waals surface area contributed by atoms with Crippen molar-refractivity contribution >= 4 is 28.6 Å². The number of hydrogen-bond donors (Lipinski definition) is 2. The Kier molecular flexibility index (Phi) is 4.23. The molecule has 3 amide bonds. The molecule has 33 heavy (non-hydrogen) atoms. The van der Waals surface area contributed by atoms with Crippen LogP contribution in [-0.2, 0) is 23.2 Å². The summed E-state index contributed by atoms with van der Waals surface area (Å²) in [7, 11) is 1.92. The number of benzene rings is 2. The summed E-state index contributed by atoms with van der Waals surface area (Å²) in [6.07, 6.45) is 4.43. The summed E-state index contributed by atoms with van der Waals surface area (Å²) in [5.74, 6) is -0.861. The number of hydrogen-bond acceptors (Lipinski definition) is 4. The highest BCUT2D eigenvalue weighted by Crippen LogP contribution is 2.38. The second kappa shape index (κ2) is 7.16. The minimum Gasteiger partial charge on any atom is -0.360 e. The number of aryl methyl sites for hydroxylation is 1. The number of aromatic nitrogens is 3. The molecule has 1 saturated heterocycles. The molecule has 2 aromatic carbocycles. The van der Waals surface area contributed by atoms with E-state index < -0.39 is 11.9 Å². The van der Waals surface area contributed by atoms with Crippen LogP contribution in [0.4, 0.5) is 0 Å². The summed E-state index contributed by atoms with van der Waals surface area (Å²) < 4.78 is 1.86. The number of para-hydroxylation sites is 1. The van der Waals surface area contributed by atoms with Gasteiger partial charge >= 0.3 is 0 Å². The van der Waals surface area contributed by atoms with Gasteiger partial charge in [0, 0.05) is 53.8 Å². The topological polar surface area (TPSA) is 100 Å². The van der Waals surface area contributed by atoms with Gasteiger partial charge in [-0.05, 0) is 35.7 Å². The fourth-order valence-electron chi connectivity index (χ4n) is 4.98. The Balaban J connectivity index is 1.38. The fourth-order valence-corrected chi connectivity index (χ4v) is 4.98. The van der Waals surface area contributed by atoms with Crippen LogP contribution >= 0.6 is 0 Å². The summed E-state index contributed by atoms with van der Waals surface area (Å²) >= 11 is 0. The van der Waals surface area contributed by atoms with E-state index in [1.807, 2.05) is 60.5 Å². The van der Waals surface area contributed by atoms with Gasteiger partial charge in [0.1, 0.15) is 6.04 Å². The van der Waals surface area contributed by atoms with Crippen molar-refractivity contribution in [2.24, 2.45) is 7.05 Å². The van der Waals surface area contributed by atoms with Gasteiger partial charge in [0.05, 0.1) is 11.9 Å². The van der Waals surface area contributed by atoms with Crippen molar-refractivity contribution in [2.45, 2.75) is 25.4 Å². The van der Waals surface area contributed by atoms with Crippen molar-refractivity contribution in [1.82, 2.24) is 25.0 Å². The van der Waals surface area contributed by atoms with Gasteiger partial charge in [-0.2, -0.15) is 5.10 Å². The minimum atomic E-state index is -0.619. The molecule has 2 aliphatic heterocycles. The molecule has 0 bridgehead atoms. The van der Waals surface area contributed by atoms with Gasteiger partial charge in [-0.3, -0.25) is 24.4 Å². The highest BCUT2D eigenvalue weighted by Gasteiger charge is 2.39. The lowest BCUT2D eigenvalue weighted by Gasteiger charge is -2.29. The molecule has 4 heterocycles. The second-order valence-electron chi connectivity index (χ2n) is 8.55. The van der Waals surface area contributed by atoms with Crippen LogP contribution in [0.5, 0.6) is 0 Å². The quantitative estimate of drug-likeness (QED) is 0.479. The van der Waals surface area contributed by atoms with Crippen molar-refractivity contribution in [3.05, 3.63) is 66.0 Å². The molecule has 2 aliphatic rings. The van der Waals surface area contributed by atoms with Gasteiger partial charge in [0.25, 0.3) is 5.91 Å². The lowest BCUT2D eigenvalue weighted by Crippen LogP contribution is -2.52. The van der Waals surface area contributed by atoms with Crippen molar-refractivity contribution in [1.29, 1.82) is 0 Å². The molecule has 8 heteroatoms. The molecule has 8 nitrogen and oxygen atoms in total. The third-order valence-corrected chi connectivity index (χ3v) is 6.62. The zero-order valence-electron chi connectivity index (χ0n) is 18.0. The van der Waals surface area contributed by atoms with E-state index in [0.717, 1.165) is 38.9 Å². The van der Waals surface area contributed by atoms with Crippen LogP contribution in [0.15, 0.2) is 54.9 Å². The van der Waals surface area contributed by atoms with Crippen molar-refractivity contribution in [2.75, 3.05) is 0 Å². The van der Waals surface area contributed by atoms with Gasteiger partial charge in [-0.1, -0.05) is 24.3 Å². The molecule has 0 aliphatic carbocycles. The Morgan fingerprint density at radius 1 is 1.03 bits per heavy atom. The first-order chi connectivity index (χ1) is 16.0. The van der Waals surface area contributed by atoms with E-state index in [-0.39, 0.29) is 18.2 Å². The van der Waals surface area contributed by atoms with E-state index >= 15 is 0 Å². The molecule has 2 aromatic heterocycles. The summed E-state index contributed by atoms with van der Waals surface area (Å²) in [4.78, 5) is 41.7. The maximum atomic E-state index is 13.0. The van der Waals surface area contributed by atoms with Gasteiger partial charge < -0.3 is 9.88 Å². The monoisotopic (exact) mass is 439 g/mol. The Morgan fingerprint density at radius 3 is 2.73 bits per heavy atom. The van der Waals surface area contributed by atoms with Gasteiger partial charge in [0.15, 0.2) is 0 Å². The minimum absolute atomic E-state index is 0.172. The summed E-state index contributed by atoms with van der Waals surface area (Å²) in [6.45, 7) is 0.344.